The Morgan fingerprint density at radius 3 is 2.95 bits per heavy atom. The Hall–Kier alpha value is -1.88. The quantitative estimate of drug-likeness (QED) is 0.863. The summed E-state index contributed by atoms with van der Waals surface area (Å²) in [6, 6.07) is 8.13. The van der Waals surface area contributed by atoms with Gasteiger partial charge in [-0.15, -0.1) is 0 Å². The first-order valence-corrected chi connectivity index (χ1v) is 6.44. The Kier molecular flexibility index (Phi) is 4.52. The molecule has 1 unspecified atom stereocenters. The molecule has 1 aromatic heterocycles. The molecule has 102 valence electrons. The molecule has 2 aromatic rings. The number of rotatable bonds is 6. The molecule has 1 heterocycles. The molecule has 0 spiro atoms. The highest BCUT2D eigenvalue weighted by molar-refractivity contribution is 5.29. The second-order valence-corrected chi connectivity index (χ2v) is 4.54. The van der Waals surface area contributed by atoms with Gasteiger partial charge in [0.1, 0.15) is 5.75 Å². The number of nitrogens with zero attached hydrogens (tertiary/aromatic N) is 2. The van der Waals surface area contributed by atoms with Gasteiger partial charge in [-0.1, -0.05) is 24.2 Å². The minimum atomic E-state index is 0.190. The standard InChI is InChI=1S/C14H19N3O2/c1-3-12(15)7-11-5-4-6-13(8-11)18-9-14-16-10(2)19-17-14/h4-6,8,12H,3,7,9,15H2,1-2H3. The molecule has 19 heavy (non-hydrogen) atoms. The van der Waals surface area contributed by atoms with Crippen LogP contribution in [0.4, 0.5) is 0 Å². The Morgan fingerprint density at radius 1 is 1.42 bits per heavy atom. The Morgan fingerprint density at radius 2 is 2.26 bits per heavy atom. The van der Waals surface area contributed by atoms with E-state index in [4.69, 9.17) is 15.0 Å². The summed E-state index contributed by atoms with van der Waals surface area (Å²) in [6.45, 7) is 4.15. The molecule has 0 saturated heterocycles. The van der Waals surface area contributed by atoms with Crippen molar-refractivity contribution < 1.29 is 9.26 Å². The minimum absolute atomic E-state index is 0.190. The maximum Gasteiger partial charge on any atom is 0.223 e. The van der Waals surface area contributed by atoms with Crippen LogP contribution in [-0.4, -0.2) is 16.2 Å². The number of aromatic nitrogens is 2. The summed E-state index contributed by atoms with van der Waals surface area (Å²) in [4.78, 5) is 4.09. The third-order valence-corrected chi connectivity index (χ3v) is 2.86. The third kappa shape index (κ3) is 4.06. The molecule has 0 bridgehead atoms. The summed E-state index contributed by atoms with van der Waals surface area (Å²) in [5, 5.41) is 3.78. The lowest BCUT2D eigenvalue weighted by atomic mass is 10.0. The van der Waals surface area contributed by atoms with Crippen molar-refractivity contribution in [2.45, 2.75) is 39.3 Å². The molecule has 2 rings (SSSR count). The summed E-state index contributed by atoms with van der Waals surface area (Å²) in [6.07, 6.45) is 1.82. The van der Waals surface area contributed by atoms with Crippen LogP contribution in [0.15, 0.2) is 28.8 Å². The van der Waals surface area contributed by atoms with E-state index in [1.54, 1.807) is 6.92 Å². The topological polar surface area (TPSA) is 74.2 Å². The van der Waals surface area contributed by atoms with Crippen LogP contribution in [0, 0.1) is 6.92 Å². The lowest BCUT2D eigenvalue weighted by Gasteiger charge is -2.10. The zero-order chi connectivity index (χ0) is 13.7. The van der Waals surface area contributed by atoms with Gasteiger partial charge in [-0.25, -0.2) is 0 Å². The molecule has 0 fully saturated rings. The van der Waals surface area contributed by atoms with E-state index in [0.717, 1.165) is 18.6 Å². The van der Waals surface area contributed by atoms with Gasteiger partial charge in [-0.05, 0) is 30.5 Å². The fourth-order valence-electron chi connectivity index (χ4n) is 1.76. The average Bonchev–Trinajstić information content (AvgIpc) is 2.82. The number of nitrogens with two attached hydrogens (primary N) is 1. The number of hydrogen-bond acceptors (Lipinski definition) is 5. The number of ether oxygens (including phenoxy) is 1. The van der Waals surface area contributed by atoms with Gasteiger partial charge in [0, 0.05) is 13.0 Å². The molecule has 0 radical (unpaired) electrons. The van der Waals surface area contributed by atoms with Crippen LogP contribution >= 0.6 is 0 Å². The first-order chi connectivity index (χ1) is 9.17. The van der Waals surface area contributed by atoms with Gasteiger partial charge in [0.2, 0.25) is 11.7 Å². The van der Waals surface area contributed by atoms with Crippen LogP contribution in [0.5, 0.6) is 5.75 Å². The highest BCUT2D eigenvalue weighted by atomic mass is 16.5. The van der Waals surface area contributed by atoms with E-state index in [-0.39, 0.29) is 6.04 Å². The second kappa shape index (κ2) is 6.33. The number of aryl methyl sites for hydroxylation is 1. The third-order valence-electron chi connectivity index (χ3n) is 2.86. The predicted octanol–water partition coefficient (Wildman–Crippen LogP) is 2.24. The summed E-state index contributed by atoms with van der Waals surface area (Å²) < 4.78 is 10.5. The normalized spacial score (nSPS) is 12.4. The highest BCUT2D eigenvalue weighted by Crippen LogP contribution is 2.16. The fourth-order valence-corrected chi connectivity index (χ4v) is 1.76. The number of benzene rings is 1. The van der Waals surface area contributed by atoms with Crippen LogP contribution in [0.25, 0.3) is 0 Å². The van der Waals surface area contributed by atoms with Gasteiger partial charge >= 0.3 is 0 Å². The van der Waals surface area contributed by atoms with E-state index in [0.29, 0.717) is 18.3 Å². The van der Waals surface area contributed by atoms with E-state index < -0.39 is 0 Å². The highest BCUT2D eigenvalue weighted by Gasteiger charge is 2.05. The molecule has 1 atom stereocenters. The smallest absolute Gasteiger partial charge is 0.223 e. The summed E-state index contributed by atoms with van der Waals surface area (Å²) in [5.41, 5.74) is 7.13. The zero-order valence-electron chi connectivity index (χ0n) is 11.3. The largest absolute Gasteiger partial charge is 0.485 e. The maximum absolute atomic E-state index is 5.95. The molecule has 0 saturated carbocycles. The van der Waals surface area contributed by atoms with Gasteiger partial charge in [0.05, 0.1) is 0 Å². The molecular formula is C14H19N3O2. The summed E-state index contributed by atoms with van der Waals surface area (Å²) >= 11 is 0. The predicted molar refractivity (Wildman–Crippen MR) is 71.8 cm³/mol. The molecule has 2 N–H and O–H groups in total. The van der Waals surface area contributed by atoms with Crippen molar-refractivity contribution in [1.29, 1.82) is 0 Å². The van der Waals surface area contributed by atoms with Gasteiger partial charge in [-0.2, -0.15) is 4.98 Å². The van der Waals surface area contributed by atoms with Gasteiger partial charge in [0.25, 0.3) is 0 Å². The second-order valence-electron chi connectivity index (χ2n) is 4.54. The minimum Gasteiger partial charge on any atom is -0.485 e. The molecule has 0 amide bonds. The molecule has 0 aliphatic rings. The molecule has 0 aliphatic carbocycles. The van der Waals surface area contributed by atoms with Crippen molar-refractivity contribution >= 4 is 0 Å². The van der Waals surface area contributed by atoms with Crippen LogP contribution in [0.1, 0.15) is 30.6 Å². The fraction of sp³-hybridized carbons (Fsp3) is 0.429. The van der Waals surface area contributed by atoms with Crippen molar-refractivity contribution in [3.63, 3.8) is 0 Å². The Labute approximate surface area is 112 Å². The molecule has 5 heteroatoms. The van der Waals surface area contributed by atoms with Gasteiger partial charge in [0.15, 0.2) is 6.61 Å². The lowest BCUT2D eigenvalue weighted by Crippen LogP contribution is -2.21. The summed E-state index contributed by atoms with van der Waals surface area (Å²) in [5.74, 6) is 1.89. The van der Waals surface area contributed by atoms with Crippen LogP contribution in [-0.2, 0) is 13.0 Å². The van der Waals surface area contributed by atoms with Crippen molar-refractivity contribution in [3.05, 3.63) is 41.5 Å². The lowest BCUT2D eigenvalue weighted by molar-refractivity contribution is 0.285. The van der Waals surface area contributed by atoms with Crippen LogP contribution in [0.2, 0.25) is 0 Å². The van der Waals surface area contributed by atoms with E-state index in [1.165, 1.54) is 5.56 Å². The molecule has 1 aromatic carbocycles. The SMILES string of the molecule is CCC(N)Cc1cccc(OCc2noc(C)n2)c1. The van der Waals surface area contributed by atoms with Gasteiger partial charge in [-0.3, -0.25) is 0 Å². The van der Waals surface area contributed by atoms with Crippen molar-refractivity contribution in [3.8, 4) is 5.75 Å². The van der Waals surface area contributed by atoms with Crippen molar-refractivity contribution in [2.24, 2.45) is 5.73 Å². The van der Waals surface area contributed by atoms with Crippen LogP contribution in [0.3, 0.4) is 0 Å². The zero-order valence-corrected chi connectivity index (χ0v) is 11.3. The molecular weight excluding hydrogens is 242 g/mol. The number of hydrogen-bond donors (Lipinski definition) is 1. The maximum atomic E-state index is 5.95. The Bertz CT molecular complexity index is 525. The van der Waals surface area contributed by atoms with Crippen molar-refractivity contribution in [2.75, 3.05) is 0 Å². The Balaban J connectivity index is 1.95. The van der Waals surface area contributed by atoms with E-state index in [2.05, 4.69) is 23.1 Å². The first kappa shape index (κ1) is 13.5. The monoisotopic (exact) mass is 261 g/mol. The van der Waals surface area contributed by atoms with Gasteiger partial charge < -0.3 is 15.0 Å². The van der Waals surface area contributed by atoms with E-state index >= 15 is 0 Å². The molecule has 5 nitrogen and oxygen atoms in total. The molecule has 0 aliphatic heterocycles. The van der Waals surface area contributed by atoms with Crippen molar-refractivity contribution in [1.82, 2.24) is 10.1 Å². The van der Waals surface area contributed by atoms with Crippen LogP contribution < -0.4 is 10.5 Å². The summed E-state index contributed by atoms with van der Waals surface area (Å²) in [7, 11) is 0. The van der Waals surface area contributed by atoms with E-state index in [1.807, 2.05) is 18.2 Å². The average molecular weight is 261 g/mol. The first-order valence-electron chi connectivity index (χ1n) is 6.44. The van der Waals surface area contributed by atoms with E-state index in [9.17, 15) is 0 Å².